The lowest BCUT2D eigenvalue weighted by Gasteiger charge is -2.30. The van der Waals surface area contributed by atoms with Crippen molar-refractivity contribution in [2.75, 3.05) is 18.5 Å². The van der Waals surface area contributed by atoms with E-state index in [0.717, 1.165) is 11.3 Å². The Bertz CT molecular complexity index is 1160. The van der Waals surface area contributed by atoms with Crippen LogP contribution in [0.5, 0.6) is 0 Å². The molecule has 0 saturated carbocycles. The first-order valence-electron chi connectivity index (χ1n) is 11.1. The number of carbonyl (C=O) groups is 3. The molecule has 0 spiro atoms. The number of ether oxygens (including phenoxy) is 2. The second-order valence-corrected chi connectivity index (χ2v) is 10.4. The molecule has 0 saturated heterocycles. The van der Waals surface area contributed by atoms with E-state index < -0.39 is 53.0 Å². The molecule has 37 heavy (non-hydrogen) atoms. The van der Waals surface area contributed by atoms with Gasteiger partial charge in [0, 0.05) is 17.0 Å². The number of esters is 1. The fraction of sp³-hybridized carbons (Fsp3) is 0.522. The number of thiophene rings is 1. The van der Waals surface area contributed by atoms with Gasteiger partial charge in [0.05, 0.1) is 30.2 Å². The topological polar surface area (TPSA) is 84.9 Å². The Morgan fingerprint density at radius 3 is 2.30 bits per heavy atom. The number of alkyl halides is 6. The number of fused-ring (bicyclic) bond motifs is 1. The zero-order valence-electron chi connectivity index (χ0n) is 20.2. The molecule has 7 nitrogen and oxygen atoms in total. The maximum atomic E-state index is 13.4. The minimum absolute atomic E-state index is 0.00749. The highest BCUT2D eigenvalue weighted by Gasteiger charge is 2.48. The molecule has 2 aliphatic rings. The zero-order chi connectivity index (χ0) is 27.9. The summed E-state index contributed by atoms with van der Waals surface area (Å²) in [5, 5.41) is 2.03. The molecule has 3 rings (SSSR count). The SMILES string of the molecule is CCOC(=O)c1c(NC(=O)C2C=C(C(F)(F)F)C=C2C(F)(F)F)sc2c1CCN(C(=O)OC(C)(C)C)C2. The third kappa shape index (κ3) is 6.46. The summed E-state index contributed by atoms with van der Waals surface area (Å²) in [7, 11) is 0. The maximum Gasteiger partial charge on any atom is 0.416 e. The Labute approximate surface area is 212 Å². The molecular formula is C23H24F6N2O5S. The second kappa shape index (κ2) is 10.0. The number of amides is 2. The highest BCUT2D eigenvalue weighted by molar-refractivity contribution is 7.17. The number of anilines is 1. The number of rotatable bonds is 4. The molecule has 14 heteroatoms. The average molecular weight is 555 g/mol. The van der Waals surface area contributed by atoms with E-state index in [1.165, 1.54) is 11.8 Å². The highest BCUT2D eigenvalue weighted by Crippen LogP contribution is 2.44. The van der Waals surface area contributed by atoms with Crippen LogP contribution in [0, 0.1) is 5.92 Å². The molecule has 204 valence electrons. The molecule has 2 amide bonds. The number of halogens is 6. The average Bonchev–Trinajstić information content (AvgIpc) is 3.34. The molecule has 2 heterocycles. The predicted molar refractivity (Wildman–Crippen MR) is 121 cm³/mol. The van der Waals surface area contributed by atoms with Crippen LogP contribution in [0.4, 0.5) is 36.1 Å². The van der Waals surface area contributed by atoms with Crippen LogP contribution in [0.3, 0.4) is 0 Å². The number of hydrogen-bond donors (Lipinski definition) is 1. The largest absolute Gasteiger partial charge is 0.462 e. The summed E-state index contributed by atoms with van der Waals surface area (Å²) >= 11 is 0.832. The Hall–Kier alpha value is -3.03. The smallest absolute Gasteiger partial charge is 0.416 e. The van der Waals surface area contributed by atoms with E-state index in [4.69, 9.17) is 9.47 Å². The van der Waals surface area contributed by atoms with Gasteiger partial charge in [-0.3, -0.25) is 4.79 Å². The normalized spacial score (nSPS) is 18.1. The quantitative estimate of drug-likeness (QED) is 0.378. The number of carbonyl (C=O) groups excluding carboxylic acids is 3. The standard InChI is InChI=1S/C23H24F6N2O5S/c1-5-35-19(33)16-12-6-7-31(20(34)36-21(2,3)4)10-15(12)37-18(16)30-17(32)13-8-11(22(24,25)26)9-14(13)23(27,28)29/h8-9,13H,5-7,10H2,1-4H3,(H,30,32). The van der Waals surface area contributed by atoms with E-state index >= 15 is 0 Å². The predicted octanol–water partition coefficient (Wildman–Crippen LogP) is 5.76. The van der Waals surface area contributed by atoms with Crippen LogP contribution >= 0.6 is 11.3 Å². The first-order valence-corrected chi connectivity index (χ1v) is 11.9. The van der Waals surface area contributed by atoms with Crippen molar-refractivity contribution in [3.8, 4) is 0 Å². The van der Waals surface area contributed by atoms with Crippen LogP contribution in [0.25, 0.3) is 0 Å². The first kappa shape index (κ1) is 28.5. The van der Waals surface area contributed by atoms with Gasteiger partial charge < -0.3 is 19.7 Å². The van der Waals surface area contributed by atoms with Gasteiger partial charge in [-0.15, -0.1) is 11.3 Å². The summed E-state index contributed by atoms with van der Waals surface area (Å²) < 4.78 is 89.9. The van der Waals surface area contributed by atoms with E-state index in [9.17, 15) is 40.7 Å². The number of allylic oxidation sites excluding steroid dienone is 2. The van der Waals surface area contributed by atoms with Crippen molar-refractivity contribution < 1.29 is 50.2 Å². The van der Waals surface area contributed by atoms with Crippen LogP contribution < -0.4 is 5.32 Å². The number of hydrogen-bond acceptors (Lipinski definition) is 6. The van der Waals surface area contributed by atoms with Gasteiger partial charge in [0.15, 0.2) is 0 Å². The third-order valence-electron chi connectivity index (χ3n) is 5.35. The molecule has 1 atom stereocenters. The van der Waals surface area contributed by atoms with Crippen LogP contribution in [-0.2, 0) is 27.2 Å². The fourth-order valence-electron chi connectivity index (χ4n) is 3.81. The molecule has 1 aromatic heterocycles. The Morgan fingerprint density at radius 1 is 1.11 bits per heavy atom. The first-order chi connectivity index (χ1) is 16.9. The lowest BCUT2D eigenvalue weighted by molar-refractivity contribution is -0.123. The molecule has 1 aliphatic heterocycles. The van der Waals surface area contributed by atoms with E-state index in [2.05, 4.69) is 5.32 Å². The molecule has 0 fully saturated rings. The van der Waals surface area contributed by atoms with Gasteiger partial charge in [-0.1, -0.05) is 6.08 Å². The summed E-state index contributed by atoms with van der Waals surface area (Å²) in [5.74, 6) is -4.52. The maximum absolute atomic E-state index is 13.4. The number of nitrogens with zero attached hydrogens (tertiary/aromatic N) is 1. The monoisotopic (exact) mass is 554 g/mol. The molecule has 1 N–H and O–H groups in total. The van der Waals surface area contributed by atoms with Gasteiger partial charge in [-0.25, -0.2) is 9.59 Å². The zero-order valence-corrected chi connectivity index (χ0v) is 21.0. The van der Waals surface area contributed by atoms with Crippen molar-refractivity contribution in [1.29, 1.82) is 0 Å². The van der Waals surface area contributed by atoms with Gasteiger partial charge >= 0.3 is 24.4 Å². The molecule has 1 unspecified atom stereocenters. The Morgan fingerprint density at radius 2 is 1.76 bits per heavy atom. The Kier molecular flexibility index (Phi) is 7.73. The van der Waals surface area contributed by atoms with Crippen molar-refractivity contribution in [3.05, 3.63) is 39.3 Å². The van der Waals surface area contributed by atoms with Crippen molar-refractivity contribution in [1.82, 2.24) is 4.90 Å². The lowest BCUT2D eigenvalue weighted by atomic mass is 10.0. The second-order valence-electron chi connectivity index (χ2n) is 9.26. The summed E-state index contributed by atoms with van der Waals surface area (Å²) in [4.78, 5) is 39.8. The van der Waals surface area contributed by atoms with E-state index in [0.29, 0.717) is 10.4 Å². The van der Waals surface area contributed by atoms with Crippen molar-refractivity contribution in [2.45, 2.75) is 58.6 Å². The van der Waals surface area contributed by atoms with Gasteiger partial charge in [-0.2, -0.15) is 26.3 Å². The summed E-state index contributed by atoms with van der Waals surface area (Å²) in [5.41, 5.74) is -3.70. The van der Waals surface area contributed by atoms with Crippen molar-refractivity contribution in [2.24, 2.45) is 5.92 Å². The van der Waals surface area contributed by atoms with Crippen molar-refractivity contribution in [3.63, 3.8) is 0 Å². The molecule has 1 aromatic rings. The molecule has 0 radical (unpaired) electrons. The number of nitrogens with one attached hydrogen (secondary N) is 1. The Balaban J connectivity index is 1.94. The van der Waals surface area contributed by atoms with E-state index in [1.807, 2.05) is 0 Å². The lowest BCUT2D eigenvalue weighted by Crippen LogP contribution is -2.39. The van der Waals surface area contributed by atoms with Crippen LogP contribution in [-0.4, -0.2) is 54.0 Å². The van der Waals surface area contributed by atoms with E-state index in [-0.39, 0.29) is 48.8 Å². The van der Waals surface area contributed by atoms with Gasteiger partial charge in [0.2, 0.25) is 5.91 Å². The fourth-order valence-corrected chi connectivity index (χ4v) is 5.06. The van der Waals surface area contributed by atoms with Crippen LogP contribution in [0.15, 0.2) is 23.3 Å². The van der Waals surface area contributed by atoms with Crippen molar-refractivity contribution >= 4 is 34.3 Å². The minimum Gasteiger partial charge on any atom is -0.462 e. The van der Waals surface area contributed by atoms with E-state index in [1.54, 1.807) is 20.8 Å². The molecule has 0 bridgehead atoms. The summed E-state index contributed by atoms with van der Waals surface area (Å²) in [6, 6.07) is 0. The third-order valence-corrected chi connectivity index (χ3v) is 6.49. The minimum atomic E-state index is -5.20. The van der Waals surface area contributed by atoms with Crippen LogP contribution in [0.1, 0.15) is 48.5 Å². The van der Waals surface area contributed by atoms with Gasteiger partial charge in [0.25, 0.3) is 0 Å². The summed E-state index contributed by atoms with van der Waals surface area (Å²) in [6.45, 7) is 6.69. The molecular weight excluding hydrogens is 530 g/mol. The highest BCUT2D eigenvalue weighted by atomic mass is 32.1. The van der Waals surface area contributed by atoms with Crippen LogP contribution in [0.2, 0.25) is 0 Å². The molecule has 0 aromatic carbocycles. The molecule has 1 aliphatic carbocycles. The summed E-state index contributed by atoms with van der Waals surface area (Å²) in [6.07, 6.45) is -10.7. The van der Waals surface area contributed by atoms with Gasteiger partial charge in [0.1, 0.15) is 10.6 Å². The van der Waals surface area contributed by atoms with Gasteiger partial charge in [-0.05, 0) is 45.8 Å².